The molecular weight excluding hydrogens is 204 g/mol. The van der Waals surface area contributed by atoms with Crippen molar-refractivity contribution in [1.29, 1.82) is 0 Å². The van der Waals surface area contributed by atoms with Gasteiger partial charge in [-0.3, -0.25) is 9.69 Å². The van der Waals surface area contributed by atoms with Gasteiger partial charge in [0.25, 0.3) is 0 Å². The first-order valence-electron chi connectivity index (χ1n) is 6.20. The van der Waals surface area contributed by atoms with E-state index in [4.69, 9.17) is 4.74 Å². The molecule has 1 heterocycles. The Hall–Kier alpha value is -0.610. The first-order valence-corrected chi connectivity index (χ1v) is 6.20. The van der Waals surface area contributed by atoms with Gasteiger partial charge in [0.2, 0.25) is 0 Å². The molecule has 0 bridgehead atoms. The van der Waals surface area contributed by atoms with E-state index in [9.17, 15) is 4.79 Å². The molecule has 0 saturated carbocycles. The molecule has 0 spiro atoms. The molecule has 94 valence electrons. The molecule has 0 amide bonds. The first-order chi connectivity index (χ1) is 7.67. The zero-order chi connectivity index (χ0) is 12.0. The Labute approximate surface area is 98.5 Å². The van der Waals surface area contributed by atoms with Gasteiger partial charge in [0.1, 0.15) is 0 Å². The van der Waals surface area contributed by atoms with Crippen molar-refractivity contribution in [2.75, 3.05) is 39.8 Å². The average molecular weight is 228 g/mol. The van der Waals surface area contributed by atoms with E-state index in [1.165, 1.54) is 20.1 Å². The Morgan fingerprint density at radius 2 is 1.94 bits per heavy atom. The van der Waals surface area contributed by atoms with Crippen molar-refractivity contribution in [2.24, 2.45) is 0 Å². The van der Waals surface area contributed by atoms with Crippen LogP contribution in [0.2, 0.25) is 0 Å². The van der Waals surface area contributed by atoms with Crippen LogP contribution in [-0.4, -0.2) is 61.6 Å². The predicted octanol–water partition coefficient (Wildman–Crippen LogP) is 0.966. The second-order valence-electron chi connectivity index (χ2n) is 4.51. The monoisotopic (exact) mass is 228 g/mol. The summed E-state index contributed by atoms with van der Waals surface area (Å²) < 4.78 is 4.70. The van der Waals surface area contributed by atoms with E-state index in [-0.39, 0.29) is 5.97 Å². The van der Waals surface area contributed by atoms with E-state index in [1.54, 1.807) is 0 Å². The highest BCUT2D eigenvalue weighted by Crippen LogP contribution is 2.09. The van der Waals surface area contributed by atoms with Gasteiger partial charge in [-0.2, -0.15) is 0 Å². The molecule has 0 N–H and O–H groups in total. The van der Waals surface area contributed by atoms with Gasteiger partial charge in [-0.25, -0.2) is 0 Å². The standard InChI is InChI=1S/C12H24N2O2/c1-4-5-13-6-8-14(9-7-13)11(2)10-12(15)16-3/h11H,4-10H2,1-3H3. The molecule has 1 unspecified atom stereocenters. The van der Waals surface area contributed by atoms with Gasteiger partial charge < -0.3 is 9.64 Å². The second kappa shape index (κ2) is 6.86. The second-order valence-corrected chi connectivity index (χ2v) is 4.51. The molecule has 1 aliphatic heterocycles. The van der Waals surface area contributed by atoms with Gasteiger partial charge in [0, 0.05) is 32.2 Å². The van der Waals surface area contributed by atoms with Gasteiger partial charge in [-0.05, 0) is 19.9 Å². The summed E-state index contributed by atoms with van der Waals surface area (Å²) in [5.41, 5.74) is 0. The van der Waals surface area contributed by atoms with Gasteiger partial charge in [0.15, 0.2) is 0 Å². The normalized spacial score (nSPS) is 20.7. The number of esters is 1. The predicted molar refractivity (Wildman–Crippen MR) is 64.4 cm³/mol. The summed E-state index contributed by atoms with van der Waals surface area (Å²) in [6, 6.07) is 0.302. The lowest BCUT2D eigenvalue weighted by atomic mass is 10.1. The molecule has 1 rings (SSSR count). The van der Waals surface area contributed by atoms with E-state index >= 15 is 0 Å². The molecular formula is C12H24N2O2. The first kappa shape index (κ1) is 13.5. The number of methoxy groups -OCH3 is 1. The summed E-state index contributed by atoms with van der Waals surface area (Å²) in [4.78, 5) is 16.0. The molecule has 0 aliphatic carbocycles. The van der Waals surface area contributed by atoms with E-state index in [1.807, 2.05) is 0 Å². The van der Waals surface area contributed by atoms with Crippen molar-refractivity contribution in [3.63, 3.8) is 0 Å². The van der Waals surface area contributed by atoms with Crippen LogP contribution in [-0.2, 0) is 9.53 Å². The number of carbonyl (C=O) groups excluding carboxylic acids is 1. The van der Waals surface area contributed by atoms with Crippen LogP contribution >= 0.6 is 0 Å². The third-order valence-electron chi connectivity index (χ3n) is 3.26. The summed E-state index contributed by atoms with van der Waals surface area (Å²) in [5.74, 6) is -0.108. The van der Waals surface area contributed by atoms with Gasteiger partial charge >= 0.3 is 5.97 Å². The fourth-order valence-electron chi connectivity index (χ4n) is 2.20. The van der Waals surface area contributed by atoms with Gasteiger partial charge in [-0.15, -0.1) is 0 Å². The van der Waals surface area contributed by atoms with E-state index in [0.29, 0.717) is 12.5 Å². The van der Waals surface area contributed by atoms with Gasteiger partial charge in [0.05, 0.1) is 13.5 Å². The SMILES string of the molecule is CCCN1CCN(C(C)CC(=O)OC)CC1. The number of ether oxygens (including phenoxy) is 1. The summed E-state index contributed by atoms with van der Waals surface area (Å²) in [6.07, 6.45) is 1.72. The minimum atomic E-state index is -0.108. The third-order valence-corrected chi connectivity index (χ3v) is 3.26. The molecule has 4 nitrogen and oxygen atoms in total. The molecule has 1 aliphatic rings. The number of carbonyl (C=O) groups is 1. The molecule has 1 saturated heterocycles. The lowest BCUT2D eigenvalue weighted by Gasteiger charge is -2.37. The third kappa shape index (κ3) is 4.10. The smallest absolute Gasteiger partial charge is 0.307 e. The van der Waals surface area contributed by atoms with Crippen LogP contribution in [0.1, 0.15) is 26.7 Å². The van der Waals surface area contributed by atoms with Crippen LogP contribution in [0.15, 0.2) is 0 Å². The lowest BCUT2D eigenvalue weighted by molar-refractivity contribution is -0.142. The van der Waals surface area contributed by atoms with Crippen LogP contribution in [0.3, 0.4) is 0 Å². The van der Waals surface area contributed by atoms with Crippen LogP contribution < -0.4 is 0 Å². The minimum Gasteiger partial charge on any atom is -0.469 e. The zero-order valence-electron chi connectivity index (χ0n) is 10.7. The maximum atomic E-state index is 11.2. The molecule has 0 radical (unpaired) electrons. The Morgan fingerprint density at radius 1 is 1.31 bits per heavy atom. The van der Waals surface area contributed by atoms with E-state index in [0.717, 1.165) is 26.2 Å². The van der Waals surface area contributed by atoms with E-state index in [2.05, 4.69) is 23.6 Å². The Kier molecular flexibility index (Phi) is 5.77. The molecule has 4 heteroatoms. The maximum Gasteiger partial charge on any atom is 0.307 e. The Bertz CT molecular complexity index is 213. The highest BCUT2D eigenvalue weighted by atomic mass is 16.5. The highest BCUT2D eigenvalue weighted by molar-refractivity contribution is 5.69. The van der Waals surface area contributed by atoms with Crippen LogP contribution in [0.25, 0.3) is 0 Å². The van der Waals surface area contributed by atoms with Crippen molar-refractivity contribution in [2.45, 2.75) is 32.7 Å². The molecule has 1 atom stereocenters. The minimum absolute atomic E-state index is 0.108. The van der Waals surface area contributed by atoms with Crippen molar-refractivity contribution < 1.29 is 9.53 Å². The Morgan fingerprint density at radius 3 is 2.44 bits per heavy atom. The van der Waals surface area contributed by atoms with E-state index < -0.39 is 0 Å². The fourth-order valence-corrected chi connectivity index (χ4v) is 2.20. The highest BCUT2D eigenvalue weighted by Gasteiger charge is 2.22. The number of hydrogen-bond donors (Lipinski definition) is 0. The van der Waals surface area contributed by atoms with Crippen LogP contribution in [0, 0.1) is 0 Å². The lowest BCUT2D eigenvalue weighted by Crippen LogP contribution is -2.50. The number of piperazine rings is 1. The average Bonchev–Trinajstić information content (AvgIpc) is 2.30. The zero-order valence-corrected chi connectivity index (χ0v) is 10.7. The number of rotatable bonds is 5. The van der Waals surface area contributed by atoms with Crippen molar-refractivity contribution in [1.82, 2.24) is 9.80 Å². The molecule has 0 aromatic carbocycles. The summed E-state index contributed by atoms with van der Waals surface area (Å²) in [6.45, 7) is 9.90. The number of hydrogen-bond acceptors (Lipinski definition) is 4. The van der Waals surface area contributed by atoms with Crippen molar-refractivity contribution in [3.8, 4) is 0 Å². The molecule has 0 aromatic heterocycles. The van der Waals surface area contributed by atoms with Crippen molar-refractivity contribution in [3.05, 3.63) is 0 Å². The Balaban J connectivity index is 2.27. The van der Waals surface area contributed by atoms with Crippen LogP contribution in [0.5, 0.6) is 0 Å². The topological polar surface area (TPSA) is 32.8 Å². The summed E-state index contributed by atoms with van der Waals surface area (Å²) in [7, 11) is 1.45. The molecule has 16 heavy (non-hydrogen) atoms. The summed E-state index contributed by atoms with van der Waals surface area (Å²) in [5, 5.41) is 0. The molecule has 0 aromatic rings. The largest absolute Gasteiger partial charge is 0.469 e. The van der Waals surface area contributed by atoms with Gasteiger partial charge in [-0.1, -0.05) is 6.92 Å². The number of nitrogens with zero attached hydrogens (tertiary/aromatic N) is 2. The van der Waals surface area contributed by atoms with Crippen molar-refractivity contribution >= 4 is 5.97 Å². The van der Waals surface area contributed by atoms with Crippen LogP contribution in [0.4, 0.5) is 0 Å². The molecule has 1 fully saturated rings. The summed E-state index contributed by atoms with van der Waals surface area (Å²) >= 11 is 0. The fraction of sp³-hybridized carbons (Fsp3) is 0.917. The maximum absolute atomic E-state index is 11.2. The quantitative estimate of drug-likeness (QED) is 0.656.